The smallest absolute Gasteiger partial charge is 0.311 e. The summed E-state index contributed by atoms with van der Waals surface area (Å²) in [4.78, 5) is 24.6. The standard InChI is InChI=1S/C13H19N3O3/c1-16(13(18)12(17)15-7-6-14)9-10-4-3-5-11(8-10)19-2/h3-5,8H,6-7,9,14H2,1-2H3,(H,15,17). The number of benzene rings is 1. The number of carbonyl (C=O) groups excluding carboxylic acids is 2. The van der Waals surface area contributed by atoms with E-state index in [1.165, 1.54) is 4.90 Å². The minimum absolute atomic E-state index is 0.289. The summed E-state index contributed by atoms with van der Waals surface area (Å²) >= 11 is 0. The van der Waals surface area contributed by atoms with Gasteiger partial charge >= 0.3 is 11.8 Å². The van der Waals surface area contributed by atoms with Crippen molar-refractivity contribution in [1.82, 2.24) is 10.2 Å². The Morgan fingerprint density at radius 2 is 2.16 bits per heavy atom. The fourth-order valence-corrected chi connectivity index (χ4v) is 1.55. The van der Waals surface area contributed by atoms with E-state index < -0.39 is 11.8 Å². The molecule has 0 saturated carbocycles. The van der Waals surface area contributed by atoms with Gasteiger partial charge in [0.05, 0.1) is 7.11 Å². The average Bonchev–Trinajstić information content (AvgIpc) is 2.43. The van der Waals surface area contributed by atoms with Crippen LogP contribution in [-0.2, 0) is 16.1 Å². The Hall–Kier alpha value is -2.08. The number of ether oxygens (including phenoxy) is 1. The molecule has 0 radical (unpaired) electrons. The Labute approximate surface area is 112 Å². The molecule has 0 saturated heterocycles. The topological polar surface area (TPSA) is 84.7 Å². The zero-order valence-electron chi connectivity index (χ0n) is 11.2. The van der Waals surface area contributed by atoms with E-state index in [0.29, 0.717) is 18.8 Å². The molecule has 1 rings (SSSR count). The van der Waals surface area contributed by atoms with Crippen molar-refractivity contribution in [2.75, 3.05) is 27.2 Å². The lowest BCUT2D eigenvalue weighted by Crippen LogP contribution is -2.42. The summed E-state index contributed by atoms with van der Waals surface area (Å²) in [5.41, 5.74) is 6.15. The van der Waals surface area contributed by atoms with Crippen LogP contribution in [0.3, 0.4) is 0 Å². The van der Waals surface area contributed by atoms with Gasteiger partial charge in [-0.15, -0.1) is 0 Å². The van der Waals surface area contributed by atoms with Gasteiger partial charge in [-0.05, 0) is 17.7 Å². The predicted octanol–water partition coefficient (Wildman–Crippen LogP) is -0.271. The first-order chi connectivity index (χ1) is 9.08. The maximum absolute atomic E-state index is 11.7. The van der Waals surface area contributed by atoms with Crippen molar-refractivity contribution in [3.05, 3.63) is 29.8 Å². The van der Waals surface area contributed by atoms with Crippen LogP contribution < -0.4 is 15.8 Å². The highest BCUT2D eigenvalue weighted by molar-refractivity contribution is 6.34. The van der Waals surface area contributed by atoms with Crippen molar-refractivity contribution >= 4 is 11.8 Å². The van der Waals surface area contributed by atoms with E-state index in [2.05, 4.69) is 5.32 Å². The van der Waals surface area contributed by atoms with Gasteiger partial charge in [-0.25, -0.2) is 0 Å². The zero-order valence-corrected chi connectivity index (χ0v) is 11.2. The molecule has 0 atom stereocenters. The van der Waals surface area contributed by atoms with Gasteiger partial charge in [0, 0.05) is 26.7 Å². The van der Waals surface area contributed by atoms with Gasteiger partial charge in [-0.3, -0.25) is 9.59 Å². The number of nitrogens with one attached hydrogen (secondary N) is 1. The molecule has 6 heteroatoms. The molecule has 0 bridgehead atoms. The molecule has 0 aliphatic rings. The molecule has 0 fully saturated rings. The molecule has 6 nitrogen and oxygen atoms in total. The second-order valence-electron chi connectivity index (χ2n) is 4.06. The average molecular weight is 265 g/mol. The third kappa shape index (κ3) is 4.59. The lowest BCUT2D eigenvalue weighted by molar-refractivity contribution is -0.145. The number of hydrogen-bond acceptors (Lipinski definition) is 4. The number of methoxy groups -OCH3 is 1. The Kier molecular flexibility index (Phi) is 5.81. The molecule has 3 N–H and O–H groups in total. The number of nitrogens with two attached hydrogens (primary N) is 1. The molecule has 1 aromatic rings. The van der Waals surface area contributed by atoms with Crippen molar-refractivity contribution in [3.8, 4) is 5.75 Å². The Morgan fingerprint density at radius 1 is 1.42 bits per heavy atom. The van der Waals surface area contributed by atoms with Crippen LogP contribution in [0.1, 0.15) is 5.56 Å². The van der Waals surface area contributed by atoms with Gasteiger partial charge in [0.15, 0.2) is 0 Å². The maximum atomic E-state index is 11.7. The molecule has 0 unspecified atom stereocenters. The molecule has 19 heavy (non-hydrogen) atoms. The highest BCUT2D eigenvalue weighted by atomic mass is 16.5. The number of nitrogens with zero attached hydrogens (tertiary/aromatic N) is 1. The van der Waals surface area contributed by atoms with Crippen molar-refractivity contribution in [2.24, 2.45) is 5.73 Å². The second kappa shape index (κ2) is 7.38. The Bertz CT molecular complexity index is 449. The summed E-state index contributed by atoms with van der Waals surface area (Å²) in [5, 5.41) is 2.44. The van der Waals surface area contributed by atoms with Gasteiger partial charge in [0.1, 0.15) is 5.75 Å². The molecule has 0 heterocycles. The van der Waals surface area contributed by atoms with E-state index in [4.69, 9.17) is 10.5 Å². The monoisotopic (exact) mass is 265 g/mol. The second-order valence-corrected chi connectivity index (χ2v) is 4.06. The fourth-order valence-electron chi connectivity index (χ4n) is 1.55. The number of rotatable bonds is 5. The number of likely N-dealkylation sites (N-methyl/N-ethyl adjacent to an activating group) is 1. The van der Waals surface area contributed by atoms with Crippen LogP contribution in [0.4, 0.5) is 0 Å². The van der Waals surface area contributed by atoms with Crippen molar-refractivity contribution in [1.29, 1.82) is 0 Å². The molecule has 2 amide bonds. The fraction of sp³-hybridized carbons (Fsp3) is 0.385. The van der Waals surface area contributed by atoms with Gasteiger partial charge in [-0.2, -0.15) is 0 Å². The van der Waals surface area contributed by atoms with E-state index in [1.54, 1.807) is 14.2 Å². The quantitative estimate of drug-likeness (QED) is 0.718. The van der Waals surface area contributed by atoms with Crippen LogP contribution in [-0.4, -0.2) is 44.0 Å². The highest BCUT2D eigenvalue weighted by Crippen LogP contribution is 2.13. The lowest BCUT2D eigenvalue weighted by Gasteiger charge is -2.17. The Morgan fingerprint density at radius 3 is 2.79 bits per heavy atom. The summed E-state index contributed by atoms with van der Waals surface area (Å²) in [7, 11) is 3.15. The molecule has 104 valence electrons. The van der Waals surface area contributed by atoms with Gasteiger partial charge < -0.3 is 20.7 Å². The normalized spacial score (nSPS) is 9.84. The van der Waals surface area contributed by atoms with Crippen molar-refractivity contribution in [2.45, 2.75) is 6.54 Å². The molecular weight excluding hydrogens is 246 g/mol. The van der Waals surface area contributed by atoms with E-state index >= 15 is 0 Å². The number of carbonyl (C=O) groups is 2. The van der Waals surface area contributed by atoms with Crippen molar-refractivity contribution in [3.63, 3.8) is 0 Å². The summed E-state index contributed by atoms with van der Waals surface area (Å²) in [6.45, 7) is 0.933. The maximum Gasteiger partial charge on any atom is 0.311 e. The van der Waals surface area contributed by atoms with Crippen LogP contribution in [0.15, 0.2) is 24.3 Å². The lowest BCUT2D eigenvalue weighted by atomic mass is 10.2. The molecule has 0 aliphatic heterocycles. The highest BCUT2D eigenvalue weighted by Gasteiger charge is 2.18. The summed E-state index contributed by atoms with van der Waals surface area (Å²) < 4.78 is 5.10. The third-order valence-corrected chi connectivity index (χ3v) is 2.52. The van der Waals surface area contributed by atoms with Crippen LogP contribution in [0, 0.1) is 0 Å². The third-order valence-electron chi connectivity index (χ3n) is 2.52. The van der Waals surface area contributed by atoms with Crippen LogP contribution >= 0.6 is 0 Å². The molecule has 0 aromatic heterocycles. The van der Waals surface area contributed by atoms with E-state index in [-0.39, 0.29) is 6.54 Å². The predicted molar refractivity (Wildman–Crippen MR) is 71.5 cm³/mol. The first kappa shape index (κ1) is 15.0. The molecule has 0 aliphatic carbocycles. The van der Waals surface area contributed by atoms with Crippen molar-refractivity contribution < 1.29 is 14.3 Å². The number of amides is 2. The molecule has 0 spiro atoms. The summed E-state index contributed by atoms with van der Waals surface area (Å²) in [6, 6.07) is 7.34. The summed E-state index contributed by atoms with van der Waals surface area (Å²) in [5.74, 6) is -0.516. The van der Waals surface area contributed by atoms with E-state index in [1.807, 2.05) is 24.3 Å². The first-order valence-corrected chi connectivity index (χ1v) is 5.94. The first-order valence-electron chi connectivity index (χ1n) is 5.94. The van der Waals surface area contributed by atoms with E-state index in [0.717, 1.165) is 5.56 Å². The van der Waals surface area contributed by atoms with Gasteiger partial charge in [-0.1, -0.05) is 12.1 Å². The Balaban J connectivity index is 2.60. The SMILES string of the molecule is COc1cccc(CN(C)C(=O)C(=O)NCCN)c1. The van der Waals surface area contributed by atoms with Crippen LogP contribution in [0.5, 0.6) is 5.75 Å². The summed E-state index contributed by atoms with van der Waals surface area (Å²) in [6.07, 6.45) is 0. The number of hydrogen-bond donors (Lipinski definition) is 2. The zero-order chi connectivity index (χ0) is 14.3. The van der Waals surface area contributed by atoms with Gasteiger partial charge in [0.2, 0.25) is 0 Å². The van der Waals surface area contributed by atoms with Gasteiger partial charge in [0.25, 0.3) is 0 Å². The van der Waals surface area contributed by atoms with Crippen LogP contribution in [0.2, 0.25) is 0 Å². The van der Waals surface area contributed by atoms with E-state index in [9.17, 15) is 9.59 Å². The molecular formula is C13H19N3O3. The minimum atomic E-state index is -0.643. The molecule has 1 aromatic carbocycles. The van der Waals surface area contributed by atoms with Crippen LogP contribution in [0.25, 0.3) is 0 Å². The minimum Gasteiger partial charge on any atom is -0.497 e. The largest absolute Gasteiger partial charge is 0.497 e.